The summed E-state index contributed by atoms with van der Waals surface area (Å²) in [4.78, 5) is 0. The molecule has 0 N–H and O–H groups in total. The molecule has 0 aliphatic carbocycles. The van der Waals surface area contributed by atoms with Gasteiger partial charge in [0.15, 0.2) is 8.32 Å². The maximum Gasteiger partial charge on any atom is 0.261 e. The molecule has 2 aliphatic heterocycles. The van der Waals surface area contributed by atoms with Crippen molar-refractivity contribution in [2.75, 3.05) is 27.1 Å². The van der Waals surface area contributed by atoms with Crippen molar-refractivity contribution in [1.82, 2.24) is 0 Å². The second-order valence-electron chi connectivity index (χ2n) is 15.4. The van der Waals surface area contributed by atoms with E-state index in [4.69, 9.17) is 27.8 Å². The number of hydrogen-bond acceptors (Lipinski definition) is 6. The number of benzene rings is 2. The minimum Gasteiger partial charge on any atom is -0.414 e. The first kappa shape index (κ1) is 36.9. The molecule has 5 atom stereocenters. The molecule has 6 nitrogen and oxygen atoms in total. The van der Waals surface area contributed by atoms with Crippen LogP contribution in [0.5, 0.6) is 0 Å². The molecule has 4 rings (SSSR count). The van der Waals surface area contributed by atoms with Crippen LogP contribution in [0, 0.1) is 0 Å². The maximum atomic E-state index is 7.74. The molecule has 254 valence electrons. The Morgan fingerprint density at radius 1 is 0.891 bits per heavy atom. The molecule has 1 saturated heterocycles. The lowest BCUT2D eigenvalue weighted by atomic mass is 10.0. The van der Waals surface area contributed by atoms with Gasteiger partial charge >= 0.3 is 0 Å². The van der Waals surface area contributed by atoms with E-state index in [2.05, 4.69) is 140 Å². The number of methoxy groups -OCH3 is 1. The van der Waals surface area contributed by atoms with Crippen LogP contribution in [0.2, 0.25) is 23.2 Å². The third-order valence-electron chi connectivity index (χ3n) is 9.84. The smallest absolute Gasteiger partial charge is 0.261 e. The molecule has 2 aromatic rings. The highest BCUT2D eigenvalue weighted by molar-refractivity contribution is 6.99. The summed E-state index contributed by atoms with van der Waals surface area (Å²) in [7, 11) is -3.14. The van der Waals surface area contributed by atoms with Gasteiger partial charge in [-0.15, -0.1) is 0 Å². The Balaban J connectivity index is 1.72. The topological polar surface area (TPSA) is 58.7 Å². The predicted octanol–water partition coefficient (Wildman–Crippen LogP) is 7.39. The Hall–Kier alpha value is -1.89. The fourth-order valence-corrected chi connectivity index (χ4v) is 11.7. The molecule has 0 bridgehead atoms. The van der Waals surface area contributed by atoms with Gasteiger partial charge in [-0.1, -0.05) is 126 Å². The molecule has 0 aromatic heterocycles. The van der Waals surface area contributed by atoms with Crippen LogP contribution in [0.25, 0.3) is 0 Å². The normalized spacial score (nSPS) is 22.5. The van der Waals surface area contributed by atoms with Crippen molar-refractivity contribution < 1.29 is 27.8 Å². The van der Waals surface area contributed by atoms with E-state index < -0.39 is 16.6 Å². The molecule has 0 radical (unpaired) electrons. The van der Waals surface area contributed by atoms with Crippen LogP contribution >= 0.6 is 0 Å². The van der Waals surface area contributed by atoms with E-state index in [9.17, 15) is 0 Å². The Morgan fingerprint density at radius 3 is 2.02 bits per heavy atom. The van der Waals surface area contributed by atoms with E-state index in [0.717, 1.165) is 6.42 Å². The molecular formula is C38H58O6Si2. The van der Waals surface area contributed by atoms with E-state index >= 15 is 0 Å². The van der Waals surface area contributed by atoms with Gasteiger partial charge in [0.1, 0.15) is 19.0 Å². The Bertz CT molecular complexity index is 1240. The number of ether oxygens (including phenoxy) is 4. The summed E-state index contributed by atoms with van der Waals surface area (Å²) in [6, 6.07) is 21.6. The molecule has 0 unspecified atom stereocenters. The van der Waals surface area contributed by atoms with E-state index in [1.54, 1.807) is 7.11 Å². The average Bonchev–Trinajstić information content (AvgIpc) is 3.76. The summed E-state index contributed by atoms with van der Waals surface area (Å²) >= 11 is 0. The Morgan fingerprint density at radius 2 is 1.50 bits per heavy atom. The van der Waals surface area contributed by atoms with Crippen LogP contribution < -0.4 is 10.4 Å². The highest BCUT2D eigenvalue weighted by Crippen LogP contribution is 2.41. The number of rotatable bonds is 15. The van der Waals surface area contributed by atoms with Crippen LogP contribution in [0.15, 0.2) is 84.5 Å². The number of epoxide rings is 1. The van der Waals surface area contributed by atoms with Crippen LogP contribution in [-0.2, 0) is 27.8 Å². The van der Waals surface area contributed by atoms with Gasteiger partial charge in [-0.05, 0) is 46.9 Å². The minimum atomic E-state index is -2.90. The first-order chi connectivity index (χ1) is 21.7. The summed E-state index contributed by atoms with van der Waals surface area (Å²) in [6.07, 6.45) is 7.35. The van der Waals surface area contributed by atoms with E-state index in [-0.39, 0.29) is 47.4 Å². The summed E-state index contributed by atoms with van der Waals surface area (Å²) in [5, 5.41) is 2.43. The Kier molecular flexibility index (Phi) is 12.5. The quantitative estimate of drug-likeness (QED) is 0.0856. The van der Waals surface area contributed by atoms with Crippen LogP contribution in [0.4, 0.5) is 0 Å². The molecule has 8 heteroatoms. The molecule has 1 fully saturated rings. The zero-order valence-corrected chi connectivity index (χ0v) is 31.9. The molecular weight excluding hydrogens is 609 g/mol. The summed E-state index contributed by atoms with van der Waals surface area (Å²) < 4.78 is 38.6. The van der Waals surface area contributed by atoms with Crippen LogP contribution in [0.1, 0.15) is 61.3 Å². The summed E-state index contributed by atoms with van der Waals surface area (Å²) in [6.45, 7) is 21.9. The second-order valence-corrected chi connectivity index (χ2v) is 24.5. The molecule has 0 saturated carbocycles. The van der Waals surface area contributed by atoms with Crippen molar-refractivity contribution in [3.05, 3.63) is 84.5 Å². The van der Waals surface area contributed by atoms with E-state index in [1.807, 2.05) is 0 Å². The van der Waals surface area contributed by atoms with Crippen molar-refractivity contribution in [2.45, 2.75) is 115 Å². The van der Waals surface area contributed by atoms with Crippen molar-refractivity contribution in [2.24, 2.45) is 0 Å². The van der Waals surface area contributed by atoms with E-state index in [0.29, 0.717) is 19.6 Å². The lowest BCUT2D eigenvalue weighted by Crippen LogP contribution is -2.68. The third-order valence-corrected chi connectivity index (χ3v) is 19.4. The fourth-order valence-electron chi connectivity index (χ4n) is 6.00. The highest BCUT2D eigenvalue weighted by atomic mass is 28.4. The maximum absolute atomic E-state index is 7.74. The minimum absolute atomic E-state index is 0.00456. The second kappa shape index (κ2) is 15.6. The first-order valence-corrected chi connectivity index (χ1v) is 21.6. The van der Waals surface area contributed by atoms with Gasteiger partial charge in [0.05, 0.1) is 31.5 Å². The van der Waals surface area contributed by atoms with Gasteiger partial charge < -0.3 is 27.8 Å². The standard InChI is InChI=1S/C38H58O6Si2/c1-29-23-24-40-30(25-29)21-22-33(41-28-39-8)35(26-34-36(43-34)27-42-45(9,10)37(2,3)4)44-46(38(5,6)7,31-17-13-11-14-18-31)32-19-15-12-16-20-32/h11-23,30,33-36H,24-28H2,1-10H3/b22-21+/t30-,33+,34+,35+,36+/m1/s1. The average molecular weight is 667 g/mol. The largest absolute Gasteiger partial charge is 0.414 e. The van der Waals surface area contributed by atoms with Crippen LogP contribution in [0.3, 0.4) is 0 Å². The summed E-state index contributed by atoms with van der Waals surface area (Å²) in [5.74, 6) is 0. The van der Waals surface area contributed by atoms with Gasteiger partial charge in [-0.25, -0.2) is 0 Å². The monoisotopic (exact) mass is 666 g/mol. The SMILES string of the molecule is COCO[C@@H](/C=C/[C@@H]1CC(C)=CCO1)[C@H](C[C@@H]1O[C@H]1CO[Si](C)(C)C(C)(C)C)O[Si](c1ccccc1)(c1ccccc1)C(C)(C)C. The van der Waals surface area contributed by atoms with E-state index in [1.165, 1.54) is 15.9 Å². The van der Waals surface area contributed by atoms with Crippen molar-refractivity contribution in [3.8, 4) is 0 Å². The highest BCUT2D eigenvalue weighted by Gasteiger charge is 2.54. The first-order valence-electron chi connectivity index (χ1n) is 16.8. The van der Waals surface area contributed by atoms with Crippen molar-refractivity contribution in [1.29, 1.82) is 0 Å². The predicted molar refractivity (Wildman–Crippen MR) is 193 cm³/mol. The molecule has 2 aromatic carbocycles. The fraction of sp³-hybridized carbons (Fsp3) is 0.579. The zero-order chi connectivity index (χ0) is 33.6. The molecule has 0 spiro atoms. The van der Waals surface area contributed by atoms with Crippen molar-refractivity contribution in [3.63, 3.8) is 0 Å². The van der Waals surface area contributed by atoms with Gasteiger partial charge in [0.25, 0.3) is 8.32 Å². The number of hydrogen-bond donors (Lipinski definition) is 0. The van der Waals surface area contributed by atoms with Gasteiger partial charge in [-0.2, -0.15) is 0 Å². The van der Waals surface area contributed by atoms with Gasteiger partial charge in [0, 0.05) is 13.5 Å². The summed E-state index contributed by atoms with van der Waals surface area (Å²) in [5.41, 5.74) is 1.34. The Labute approximate surface area is 280 Å². The third kappa shape index (κ3) is 9.17. The van der Waals surface area contributed by atoms with Gasteiger partial charge in [0.2, 0.25) is 0 Å². The molecule has 46 heavy (non-hydrogen) atoms. The van der Waals surface area contributed by atoms with Crippen molar-refractivity contribution >= 4 is 27.0 Å². The zero-order valence-electron chi connectivity index (χ0n) is 29.9. The van der Waals surface area contributed by atoms with Crippen LogP contribution in [-0.4, -0.2) is 74.3 Å². The van der Waals surface area contributed by atoms with Gasteiger partial charge in [-0.3, -0.25) is 0 Å². The molecule has 2 heterocycles. The molecule has 0 amide bonds. The molecule has 2 aliphatic rings. The lowest BCUT2D eigenvalue weighted by Gasteiger charge is -2.46. The lowest BCUT2D eigenvalue weighted by molar-refractivity contribution is -0.0918.